The van der Waals surface area contributed by atoms with E-state index in [2.05, 4.69) is 44.4 Å². The molecule has 1 aliphatic heterocycles. The van der Waals surface area contributed by atoms with Crippen LogP contribution in [0.3, 0.4) is 0 Å². The van der Waals surface area contributed by atoms with Gasteiger partial charge < -0.3 is 5.32 Å². The summed E-state index contributed by atoms with van der Waals surface area (Å²) in [4.78, 5) is 24.9. The highest BCUT2D eigenvalue weighted by Crippen LogP contribution is 2.42. The fraction of sp³-hybridized carbons (Fsp3) is 0.263. The maximum absolute atomic E-state index is 13.1. The van der Waals surface area contributed by atoms with E-state index in [1.54, 1.807) is 21.7 Å². The summed E-state index contributed by atoms with van der Waals surface area (Å²) in [5, 5.41) is 15.6. The second-order valence-electron chi connectivity index (χ2n) is 7.80. The van der Waals surface area contributed by atoms with E-state index in [1.807, 2.05) is 13.1 Å². The van der Waals surface area contributed by atoms with Gasteiger partial charge in [-0.05, 0) is 13.0 Å². The molecule has 2 amide bonds. The molecule has 4 aromatic rings. The molecule has 5 heterocycles. The third-order valence-corrected chi connectivity index (χ3v) is 5.32. The zero-order valence-electron chi connectivity index (χ0n) is 16.5. The molecule has 11 heteroatoms. The van der Waals surface area contributed by atoms with E-state index in [4.69, 9.17) is 11.6 Å². The minimum atomic E-state index is -0.293. The second kappa shape index (κ2) is 6.49. The van der Waals surface area contributed by atoms with Crippen molar-refractivity contribution in [2.45, 2.75) is 26.2 Å². The van der Waals surface area contributed by atoms with E-state index in [-0.39, 0.29) is 11.4 Å². The highest BCUT2D eigenvalue weighted by Gasteiger charge is 2.41. The largest absolute Gasteiger partial charge is 0.326 e. The summed E-state index contributed by atoms with van der Waals surface area (Å²) in [5.41, 5.74) is 3.58. The lowest BCUT2D eigenvalue weighted by Gasteiger charge is -2.21. The summed E-state index contributed by atoms with van der Waals surface area (Å²) in [6.45, 7) is 6.60. The van der Waals surface area contributed by atoms with Crippen LogP contribution in [0.1, 0.15) is 25.1 Å². The van der Waals surface area contributed by atoms with Crippen molar-refractivity contribution in [3.63, 3.8) is 0 Å². The van der Waals surface area contributed by atoms with Crippen LogP contribution in [0.15, 0.2) is 37.1 Å². The lowest BCUT2D eigenvalue weighted by molar-refractivity contribution is 0.256. The van der Waals surface area contributed by atoms with Crippen LogP contribution in [0.25, 0.3) is 11.5 Å². The average molecular weight is 424 g/mol. The molecule has 1 N–H and O–H groups in total. The predicted molar refractivity (Wildman–Crippen MR) is 111 cm³/mol. The van der Waals surface area contributed by atoms with Gasteiger partial charge in [-0.3, -0.25) is 4.90 Å². The minimum Gasteiger partial charge on any atom is -0.306 e. The predicted octanol–water partition coefficient (Wildman–Crippen LogP) is 3.00. The number of urea groups is 1. The van der Waals surface area contributed by atoms with Gasteiger partial charge in [-0.25, -0.2) is 19.3 Å². The van der Waals surface area contributed by atoms with E-state index < -0.39 is 0 Å². The molecule has 0 fully saturated rings. The lowest BCUT2D eigenvalue weighted by Crippen LogP contribution is -2.37. The molecule has 0 saturated carbocycles. The second-order valence-corrected chi connectivity index (χ2v) is 8.21. The first kappa shape index (κ1) is 18.5. The zero-order valence-corrected chi connectivity index (χ0v) is 17.3. The maximum Gasteiger partial charge on any atom is 0.326 e. The first-order valence-corrected chi connectivity index (χ1v) is 9.67. The standard InChI is InChI=1S/C19H18ClN9O/c1-11-9-28-17(25-11)15-14(8-24-28)27(10-19(15,2)3)18(30)26-12-6-13(20)16(21-7-12)29-22-4-5-23-29/h4-9H,10H2,1-3H3,(H,26,30). The van der Waals surface area contributed by atoms with E-state index in [0.717, 1.165) is 22.6 Å². The topological polar surface area (TPSA) is 106 Å². The maximum atomic E-state index is 13.1. The van der Waals surface area contributed by atoms with Crippen molar-refractivity contribution < 1.29 is 4.79 Å². The number of rotatable bonds is 2. The molecule has 1 aliphatic rings. The third-order valence-electron chi connectivity index (χ3n) is 5.04. The quantitative estimate of drug-likeness (QED) is 0.531. The van der Waals surface area contributed by atoms with Crippen LogP contribution in [0.4, 0.5) is 16.2 Å². The molecule has 0 aromatic carbocycles. The summed E-state index contributed by atoms with van der Waals surface area (Å²) in [7, 11) is 0. The van der Waals surface area contributed by atoms with Crippen LogP contribution in [0.5, 0.6) is 0 Å². The van der Waals surface area contributed by atoms with Crippen molar-refractivity contribution in [1.29, 1.82) is 0 Å². The highest BCUT2D eigenvalue weighted by molar-refractivity contribution is 6.32. The van der Waals surface area contributed by atoms with Crippen molar-refractivity contribution in [1.82, 2.24) is 34.6 Å². The SMILES string of the molecule is Cc1cn2ncc3c(c2n1)C(C)(C)CN3C(=O)Nc1cnc(-n2nccn2)c(Cl)c1. The van der Waals surface area contributed by atoms with Gasteiger partial charge in [0.2, 0.25) is 0 Å². The summed E-state index contributed by atoms with van der Waals surface area (Å²) in [6, 6.07) is 1.33. The number of anilines is 2. The Kier molecular flexibility index (Phi) is 4.00. The van der Waals surface area contributed by atoms with Crippen molar-refractivity contribution in [2.24, 2.45) is 0 Å². The number of fused-ring (bicyclic) bond motifs is 3. The number of aromatic nitrogens is 7. The van der Waals surface area contributed by atoms with Gasteiger partial charge >= 0.3 is 6.03 Å². The number of amides is 2. The average Bonchev–Trinajstić information content (AvgIpc) is 3.39. The number of hydrogen-bond acceptors (Lipinski definition) is 6. The van der Waals surface area contributed by atoms with Crippen LogP contribution in [0.2, 0.25) is 5.02 Å². The molecule has 0 unspecified atom stereocenters. The Hall–Kier alpha value is -3.53. The molecule has 5 rings (SSSR count). The van der Waals surface area contributed by atoms with Crippen LogP contribution in [0, 0.1) is 6.92 Å². The first-order valence-electron chi connectivity index (χ1n) is 9.30. The Balaban J connectivity index is 1.46. The summed E-state index contributed by atoms with van der Waals surface area (Å²) in [6.07, 6.45) is 8.16. The third kappa shape index (κ3) is 2.88. The van der Waals surface area contributed by atoms with Gasteiger partial charge in [-0.2, -0.15) is 15.3 Å². The van der Waals surface area contributed by atoms with E-state index in [9.17, 15) is 4.79 Å². The van der Waals surface area contributed by atoms with E-state index in [1.165, 1.54) is 23.4 Å². The van der Waals surface area contributed by atoms with Crippen molar-refractivity contribution in [2.75, 3.05) is 16.8 Å². The van der Waals surface area contributed by atoms with E-state index >= 15 is 0 Å². The van der Waals surface area contributed by atoms with Crippen molar-refractivity contribution >= 4 is 34.7 Å². The minimum absolute atomic E-state index is 0.278. The summed E-state index contributed by atoms with van der Waals surface area (Å²) in [5.74, 6) is 0.383. The van der Waals surface area contributed by atoms with Gasteiger partial charge in [-0.15, -0.1) is 4.80 Å². The molecule has 152 valence electrons. The number of aryl methyl sites for hydroxylation is 1. The number of halogens is 1. The molecule has 0 aliphatic carbocycles. The Morgan fingerprint density at radius 2 is 1.97 bits per heavy atom. The molecule has 10 nitrogen and oxygen atoms in total. The van der Waals surface area contributed by atoms with Crippen LogP contribution >= 0.6 is 11.6 Å². The molecule has 0 atom stereocenters. The monoisotopic (exact) mass is 423 g/mol. The first-order chi connectivity index (χ1) is 14.3. The number of pyridine rings is 1. The number of imidazole rings is 1. The Bertz CT molecular complexity index is 1280. The highest BCUT2D eigenvalue weighted by atomic mass is 35.5. The lowest BCUT2D eigenvalue weighted by atomic mass is 9.88. The zero-order chi connectivity index (χ0) is 21.0. The van der Waals surface area contributed by atoms with Crippen LogP contribution in [-0.2, 0) is 5.41 Å². The summed E-state index contributed by atoms with van der Waals surface area (Å²) < 4.78 is 1.75. The molecule has 0 saturated heterocycles. The fourth-order valence-electron chi connectivity index (χ4n) is 3.80. The van der Waals surface area contributed by atoms with E-state index in [0.29, 0.717) is 23.1 Å². The van der Waals surface area contributed by atoms with Gasteiger partial charge in [0.25, 0.3) is 0 Å². The number of hydrogen-bond donors (Lipinski definition) is 1. The number of nitrogens with one attached hydrogen (secondary N) is 1. The molecule has 0 bridgehead atoms. The van der Waals surface area contributed by atoms with Crippen LogP contribution in [-0.4, -0.2) is 47.2 Å². The molecule has 30 heavy (non-hydrogen) atoms. The normalized spacial score (nSPS) is 14.9. The number of carbonyl (C=O) groups excluding carboxylic acids is 1. The van der Waals surface area contributed by atoms with Gasteiger partial charge in [0.05, 0.1) is 53.1 Å². The van der Waals surface area contributed by atoms with Crippen LogP contribution < -0.4 is 10.2 Å². The van der Waals surface area contributed by atoms with Gasteiger partial charge in [0.1, 0.15) is 0 Å². The smallest absolute Gasteiger partial charge is 0.306 e. The molecule has 0 spiro atoms. The fourth-order valence-corrected chi connectivity index (χ4v) is 4.04. The Morgan fingerprint density at radius 3 is 2.70 bits per heavy atom. The molecular weight excluding hydrogens is 406 g/mol. The van der Waals surface area contributed by atoms with Gasteiger partial charge in [0, 0.05) is 17.5 Å². The molecular formula is C19H18ClN9O. The Morgan fingerprint density at radius 1 is 1.20 bits per heavy atom. The molecule has 4 aromatic heterocycles. The van der Waals surface area contributed by atoms with Gasteiger partial charge in [0.15, 0.2) is 11.5 Å². The number of nitrogens with zero attached hydrogens (tertiary/aromatic N) is 8. The summed E-state index contributed by atoms with van der Waals surface area (Å²) >= 11 is 6.31. The van der Waals surface area contributed by atoms with Crippen molar-refractivity contribution in [3.8, 4) is 5.82 Å². The molecule has 0 radical (unpaired) electrons. The van der Waals surface area contributed by atoms with Gasteiger partial charge in [-0.1, -0.05) is 25.4 Å². The Labute approximate surface area is 176 Å². The van der Waals surface area contributed by atoms with Crippen molar-refractivity contribution in [3.05, 3.63) is 53.3 Å². The number of carbonyl (C=O) groups is 1.